The normalized spacial score (nSPS) is 16.4. The summed E-state index contributed by atoms with van der Waals surface area (Å²) in [6.45, 7) is 5.19. The van der Waals surface area contributed by atoms with Crippen molar-refractivity contribution in [2.45, 2.75) is 18.7 Å². The second kappa shape index (κ2) is 6.93. The van der Waals surface area contributed by atoms with Crippen LogP contribution in [0.2, 0.25) is 0 Å². The number of hydrogen-bond donors (Lipinski definition) is 0. The molecule has 1 fully saturated rings. The van der Waals surface area contributed by atoms with Crippen LogP contribution in [0.25, 0.3) is 0 Å². The summed E-state index contributed by atoms with van der Waals surface area (Å²) in [7, 11) is -3.51. The summed E-state index contributed by atoms with van der Waals surface area (Å²) in [6.07, 6.45) is 1.58. The molecule has 1 aromatic carbocycles. The Morgan fingerprint density at radius 3 is 2.36 bits per heavy atom. The number of piperazine rings is 1. The molecule has 0 N–H and O–H groups in total. The number of hydrogen-bond acceptors (Lipinski definition) is 3. The van der Waals surface area contributed by atoms with Gasteiger partial charge in [0, 0.05) is 36.7 Å². The van der Waals surface area contributed by atoms with Crippen molar-refractivity contribution in [3.05, 3.63) is 40.4 Å². The van der Waals surface area contributed by atoms with Crippen LogP contribution in [-0.4, -0.2) is 49.7 Å². The first-order valence-corrected chi connectivity index (χ1v) is 9.23. The van der Waals surface area contributed by atoms with E-state index in [1.54, 1.807) is 35.2 Å². The van der Waals surface area contributed by atoms with Crippen LogP contribution in [-0.2, 0) is 14.8 Å². The lowest BCUT2D eigenvalue weighted by Gasteiger charge is -2.33. The minimum absolute atomic E-state index is 0.0560. The lowest BCUT2D eigenvalue weighted by molar-refractivity contribution is -0.127. The van der Waals surface area contributed by atoms with Gasteiger partial charge in [0.1, 0.15) is 0 Å². The zero-order chi connectivity index (χ0) is 16.3. The summed E-state index contributed by atoms with van der Waals surface area (Å²) in [5.41, 5.74) is 0.939. The summed E-state index contributed by atoms with van der Waals surface area (Å²) < 4.78 is 27.3. The van der Waals surface area contributed by atoms with Gasteiger partial charge in [-0.3, -0.25) is 4.79 Å². The van der Waals surface area contributed by atoms with E-state index < -0.39 is 10.0 Å². The molecule has 1 heterocycles. The number of allylic oxidation sites excluding steroid dienone is 1. The molecule has 22 heavy (non-hydrogen) atoms. The fourth-order valence-electron chi connectivity index (χ4n) is 2.26. The van der Waals surface area contributed by atoms with E-state index in [1.165, 1.54) is 4.31 Å². The highest BCUT2D eigenvalue weighted by Crippen LogP contribution is 2.21. The molecule has 0 aromatic heterocycles. The number of sulfonamides is 1. The van der Waals surface area contributed by atoms with Crippen LogP contribution < -0.4 is 0 Å². The number of carbonyl (C=O) groups is 1. The van der Waals surface area contributed by atoms with Gasteiger partial charge in [0.15, 0.2) is 0 Å². The molecule has 5 nitrogen and oxygen atoms in total. The van der Waals surface area contributed by atoms with Gasteiger partial charge in [-0.05, 0) is 32.0 Å². The lowest BCUT2D eigenvalue weighted by Crippen LogP contribution is -2.50. The van der Waals surface area contributed by atoms with Gasteiger partial charge in [-0.25, -0.2) is 8.42 Å². The zero-order valence-electron chi connectivity index (χ0n) is 12.6. The highest BCUT2D eigenvalue weighted by atomic mass is 79.9. The summed E-state index contributed by atoms with van der Waals surface area (Å²) in [5.74, 6) is -0.0560. The van der Waals surface area contributed by atoms with Crippen molar-refractivity contribution >= 4 is 31.9 Å². The molecule has 1 aliphatic rings. The third-order valence-corrected chi connectivity index (χ3v) is 5.78. The smallest absolute Gasteiger partial charge is 0.246 e. The number of rotatable bonds is 3. The average molecular weight is 387 g/mol. The number of benzene rings is 1. The minimum Gasteiger partial charge on any atom is -0.337 e. The third-order valence-electron chi connectivity index (χ3n) is 3.40. The average Bonchev–Trinajstić information content (AvgIpc) is 2.46. The highest BCUT2D eigenvalue weighted by molar-refractivity contribution is 9.10. The van der Waals surface area contributed by atoms with E-state index in [2.05, 4.69) is 15.9 Å². The first-order chi connectivity index (χ1) is 10.3. The number of carbonyl (C=O) groups excluding carboxylic acids is 1. The Balaban J connectivity index is 2.08. The van der Waals surface area contributed by atoms with E-state index >= 15 is 0 Å². The predicted molar refractivity (Wildman–Crippen MR) is 88.9 cm³/mol. The maximum absolute atomic E-state index is 12.6. The van der Waals surface area contributed by atoms with Crippen molar-refractivity contribution in [2.75, 3.05) is 26.2 Å². The van der Waals surface area contributed by atoms with Gasteiger partial charge in [0.25, 0.3) is 0 Å². The van der Waals surface area contributed by atoms with Crippen LogP contribution >= 0.6 is 15.9 Å². The van der Waals surface area contributed by atoms with Crippen molar-refractivity contribution in [1.29, 1.82) is 0 Å². The Morgan fingerprint density at radius 1 is 1.18 bits per heavy atom. The van der Waals surface area contributed by atoms with Gasteiger partial charge in [0.2, 0.25) is 15.9 Å². The lowest BCUT2D eigenvalue weighted by atomic mass is 10.3. The Hall–Kier alpha value is -1.18. The van der Waals surface area contributed by atoms with Crippen molar-refractivity contribution in [2.24, 2.45) is 0 Å². The first kappa shape index (κ1) is 17.2. The van der Waals surface area contributed by atoms with Crippen LogP contribution in [0.1, 0.15) is 13.8 Å². The summed E-state index contributed by atoms with van der Waals surface area (Å²) >= 11 is 3.29. The van der Waals surface area contributed by atoms with Gasteiger partial charge < -0.3 is 4.90 Å². The van der Waals surface area contributed by atoms with Gasteiger partial charge in [-0.2, -0.15) is 4.31 Å². The molecular weight excluding hydrogens is 368 g/mol. The van der Waals surface area contributed by atoms with E-state index in [0.717, 1.165) is 10.0 Å². The second-order valence-electron chi connectivity index (χ2n) is 5.41. The van der Waals surface area contributed by atoms with E-state index in [0.29, 0.717) is 26.2 Å². The molecule has 0 atom stereocenters. The molecule has 0 aliphatic carbocycles. The minimum atomic E-state index is -3.51. The fraction of sp³-hybridized carbons (Fsp3) is 0.400. The number of amides is 1. The molecule has 2 rings (SSSR count). The molecule has 0 unspecified atom stereocenters. The monoisotopic (exact) mass is 386 g/mol. The summed E-state index contributed by atoms with van der Waals surface area (Å²) in [6, 6.07) is 6.66. The molecule has 0 saturated carbocycles. The standard InChI is InChI=1S/C15H19BrN2O3S/c1-12(2)10-15(19)17-6-8-18(9-7-17)22(20,21)14-5-3-4-13(16)11-14/h3-5,10-11H,6-9H2,1-2H3. The van der Waals surface area contributed by atoms with Crippen LogP contribution in [0.3, 0.4) is 0 Å². The molecule has 1 aliphatic heterocycles. The maximum Gasteiger partial charge on any atom is 0.246 e. The molecule has 0 bridgehead atoms. The first-order valence-electron chi connectivity index (χ1n) is 7.00. The largest absolute Gasteiger partial charge is 0.337 e. The molecule has 0 spiro atoms. The van der Waals surface area contributed by atoms with Crippen LogP contribution in [0.4, 0.5) is 0 Å². The van der Waals surface area contributed by atoms with Crippen molar-refractivity contribution in [3.63, 3.8) is 0 Å². The third kappa shape index (κ3) is 3.97. The fourth-order valence-corrected chi connectivity index (χ4v) is 4.28. The van der Waals surface area contributed by atoms with E-state index in [9.17, 15) is 13.2 Å². The van der Waals surface area contributed by atoms with Gasteiger partial charge in [0.05, 0.1) is 4.90 Å². The Kier molecular flexibility index (Phi) is 5.41. The van der Waals surface area contributed by atoms with E-state index in [-0.39, 0.29) is 10.8 Å². The predicted octanol–water partition coefficient (Wildman–Crippen LogP) is 2.25. The molecule has 0 radical (unpaired) electrons. The summed E-state index contributed by atoms with van der Waals surface area (Å²) in [5, 5.41) is 0. The van der Waals surface area contributed by atoms with Crippen LogP contribution in [0, 0.1) is 0 Å². The molecule has 1 saturated heterocycles. The molecule has 1 aromatic rings. The molecule has 120 valence electrons. The zero-order valence-corrected chi connectivity index (χ0v) is 15.0. The molecule has 1 amide bonds. The van der Waals surface area contributed by atoms with Gasteiger partial charge in [-0.1, -0.05) is 27.6 Å². The summed E-state index contributed by atoms with van der Waals surface area (Å²) in [4.78, 5) is 13.9. The highest BCUT2D eigenvalue weighted by Gasteiger charge is 2.29. The number of nitrogens with zero attached hydrogens (tertiary/aromatic N) is 2. The maximum atomic E-state index is 12.6. The Bertz CT molecular complexity index is 688. The van der Waals surface area contributed by atoms with Crippen molar-refractivity contribution in [3.8, 4) is 0 Å². The number of halogens is 1. The van der Waals surface area contributed by atoms with Crippen molar-refractivity contribution in [1.82, 2.24) is 9.21 Å². The molecule has 7 heteroatoms. The van der Waals surface area contributed by atoms with Crippen molar-refractivity contribution < 1.29 is 13.2 Å². The molecular formula is C15H19BrN2O3S. The van der Waals surface area contributed by atoms with Crippen LogP contribution in [0.5, 0.6) is 0 Å². The van der Waals surface area contributed by atoms with Crippen LogP contribution in [0.15, 0.2) is 45.3 Å². The quantitative estimate of drug-likeness (QED) is 0.748. The van der Waals surface area contributed by atoms with Gasteiger partial charge >= 0.3 is 0 Å². The topological polar surface area (TPSA) is 57.7 Å². The van der Waals surface area contributed by atoms with E-state index in [4.69, 9.17) is 0 Å². The van der Waals surface area contributed by atoms with Gasteiger partial charge in [-0.15, -0.1) is 0 Å². The Labute approximate surface area is 139 Å². The Morgan fingerprint density at radius 2 is 1.82 bits per heavy atom. The van der Waals surface area contributed by atoms with E-state index in [1.807, 2.05) is 13.8 Å². The second-order valence-corrected chi connectivity index (χ2v) is 8.26. The SMILES string of the molecule is CC(C)=CC(=O)N1CCN(S(=O)(=O)c2cccc(Br)c2)CC1.